The molecule has 1 aromatic carbocycles. The summed E-state index contributed by atoms with van der Waals surface area (Å²) in [5.41, 5.74) is 8.14. The molecule has 0 saturated carbocycles. The van der Waals surface area contributed by atoms with E-state index < -0.39 is 0 Å². The molecule has 6 heteroatoms. The van der Waals surface area contributed by atoms with Gasteiger partial charge < -0.3 is 11.1 Å². The van der Waals surface area contributed by atoms with Gasteiger partial charge in [0.25, 0.3) is 0 Å². The summed E-state index contributed by atoms with van der Waals surface area (Å²) < 4.78 is 0. The molecule has 3 aromatic heterocycles. The fourth-order valence-electron chi connectivity index (χ4n) is 4.18. The summed E-state index contributed by atoms with van der Waals surface area (Å²) in [6.45, 7) is 0.779. The van der Waals surface area contributed by atoms with Crippen LogP contribution >= 0.6 is 11.3 Å². The number of benzene rings is 1. The van der Waals surface area contributed by atoms with Crippen molar-refractivity contribution in [3.05, 3.63) is 70.9 Å². The third-order valence-corrected chi connectivity index (χ3v) is 6.86. The second-order valence-electron chi connectivity index (χ2n) is 7.96. The minimum Gasteiger partial charge on any atom is -0.363 e. The summed E-state index contributed by atoms with van der Waals surface area (Å²) in [6, 6.07) is 14.8. The predicted molar refractivity (Wildman–Crippen MR) is 123 cm³/mol. The van der Waals surface area contributed by atoms with Gasteiger partial charge in [-0.05, 0) is 48.9 Å². The Balaban J connectivity index is 1.48. The number of hydrogen-bond acceptors (Lipinski definition) is 5. The molecule has 1 aliphatic rings. The van der Waals surface area contributed by atoms with Crippen LogP contribution in [0.4, 0.5) is 5.82 Å². The van der Waals surface area contributed by atoms with E-state index in [0.29, 0.717) is 0 Å². The lowest BCUT2D eigenvalue weighted by Gasteiger charge is -2.15. The lowest BCUT2D eigenvalue weighted by molar-refractivity contribution is -0.414. The fourth-order valence-corrected chi connectivity index (χ4v) is 5.44. The largest absolute Gasteiger partial charge is 0.363 e. The lowest BCUT2D eigenvalue weighted by atomic mass is 9.97. The van der Waals surface area contributed by atoms with Crippen LogP contribution in [-0.2, 0) is 19.3 Å². The van der Waals surface area contributed by atoms with Gasteiger partial charge in [-0.1, -0.05) is 30.3 Å². The maximum absolute atomic E-state index is 4.96. The van der Waals surface area contributed by atoms with Gasteiger partial charge in [0.1, 0.15) is 16.7 Å². The average molecular weight is 417 g/mol. The summed E-state index contributed by atoms with van der Waals surface area (Å²) in [6.07, 6.45) is 9.33. The van der Waals surface area contributed by atoms with E-state index in [2.05, 4.69) is 46.4 Å². The minimum atomic E-state index is 0.260. The van der Waals surface area contributed by atoms with Crippen LogP contribution in [0.1, 0.15) is 28.8 Å². The quantitative estimate of drug-likeness (QED) is 0.500. The average Bonchev–Trinajstić information content (AvgIpc) is 3.17. The topological polar surface area (TPSA) is 78.3 Å². The van der Waals surface area contributed by atoms with E-state index in [9.17, 15) is 0 Å². The van der Waals surface area contributed by atoms with E-state index in [0.717, 1.165) is 47.8 Å². The van der Waals surface area contributed by atoms with Gasteiger partial charge in [-0.3, -0.25) is 4.98 Å². The van der Waals surface area contributed by atoms with Crippen LogP contribution in [0.3, 0.4) is 0 Å². The molecule has 30 heavy (non-hydrogen) atoms. The third kappa shape index (κ3) is 3.93. The van der Waals surface area contributed by atoms with Gasteiger partial charge in [-0.25, -0.2) is 9.97 Å². The highest BCUT2D eigenvalue weighted by Crippen LogP contribution is 2.39. The summed E-state index contributed by atoms with van der Waals surface area (Å²) in [7, 11) is 0. The Kier molecular flexibility index (Phi) is 5.43. The van der Waals surface area contributed by atoms with Crippen LogP contribution in [0, 0.1) is 0 Å². The van der Waals surface area contributed by atoms with Crippen LogP contribution in [0.15, 0.2) is 54.9 Å². The lowest BCUT2D eigenvalue weighted by Crippen LogP contribution is -2.64. The first-order chi connectivity index (χ1) is 14.8. The second-order valence-corrected chi connectivity index (χ2v) is 9.04. The fraction of sp³-hybridized carbons (Fsp3) is 0.292. The molecule has 5 rings (SSSR count). The SMILES string of the molecule is [NH3+][C@H](CNc1nc(-c2ccncc2)nc2sc3c(c12)CCCC3)Cc1ccccc1. The minimum absolute atomic E-state index is 0.260. The maximum atomic E-state index is 4.96. The molecule has 0 saturated heterocycles. The number of nitrogens with one attached hydrogen (secondary N) is 1. The highest BCUT2D eigenvalue weighted by atomic mass is 32.1. The molecular formula is C24H26N5S+. The van der Waals surface area contributed by atoms with Crippen LogP contribution in [-0.4, -0.2) is 27.5 Å². The molecule has 1 aliphatic carbocycles. The van der Waals surface area contributed by atoms with Gasteiger partial charge in [-0.15, -0.1) is 11.3 Å². The molecule has 0 radical (unpaired) electrons. The standard InChI is InChI=1S/C24H25N5S/c25-18(14-16-6-2-1-3-7-16)15-27-23-21-19-8-4-5-9-20(19)30-24(21)29-22(28-23)17-10-12-26-13-11-17/h1-3,6-7,10-13,18H,4-5,8-9,14-15,25H2,(H,27,28,29)/p+1/t18-/m0/s1. The number of hydrogen-bond donors (Lipinski definition) is 2. The molecule has 0 unspecified atom stereocenters. The predicted octanol–water partition coefficient (Wildman–Crippen LogP) is 3.90. The van der Waals surface area contributed by atoms with Crippen molar-refractivity contribution < 1.29 is 5.73 Å². The number of quaternary nitrogens is 1. The zero-order chi connectivity index (χ0) is 20.3. The van der Waals surface area contributed by atoms with E-state index in [1.807, 2.05) is 23.5 Å². The normalized spacial score (nSPS) is 14.4. The second kappa shape index (κ2) is 8.50. The first-order valence-corrected chi connectivity index (χ1v) is 11.4. The van der Waals surface area contributed by atoms with Crippen molar-refractivity contribution in [3.63, 3.8) is 0 Å². The molecule has 1 atom stereocenters. The van der Waals surface area contributed by atoms with E-state index in [4.69, 9.17) is 9.97 Å². The van der Waals surface area contributed by atoms with Gasteiger partial charge in [0.15, 0.2) is 5.82 Å². The van der Waals surface area contributed by atoms with Crippen molar-refractivity contribution >= 4 is 27.4 Å². The number of pyridine rings is 1. The molecule has 0 amide bonds. The van der Waals surface area contributed by atoms with E-state index in [1.165, 1.54) is 34.2 Å². The molecule has 4 aromatic rings. The van der Waals surface area contributed by atoms with E-state index in [1.54, 1.807) is 12.4 Å². The first kappa shape index (κ1) is 19.2. The van der Waals surface area contributed by atoms with Gasteiger partial charge in [-0.2, -0.15) is 0 Å². The summed E-state index contributed by atoms with van der Waals surface area (Å²) >= 11 is 1.84. The zero-order valence-electron chi connectivity index (χ0n) is 17.0. The van der Waals surface area contributed by atoms with Crippen molar-refractivity contribution in [3.8, 4) is 11.4 Å². The Bertz CT molecular complexity index is 1140. The number of anilines is 1. The summed E-state index contributed by atoms with van der Waals surface area (Å²) in [4.78, 5) is 16.6. The molecule has 3 heterocycles. The van der Waals surface area contributed by atoms with E-state index in [-0.39, 0.29) is 6.04 Å². The number of fused-ring (bicyclic) bond motifs is 3. The summed E-state index contributed by atoms with van der Waals surface area (Å²) in [5, 5.41) is 4.85. The third-order valence-electron chi connectivity index (χ3n) is 5.68. The number of thiophene rings is 1. The Morgan fingerprint density at radius 1 is 1.00 bits per heavy atom. The highest BCUT2D eigenvalue weighted by Gasteiger charge is 2.22. The molecular weight excluding hydrogens is 390 g/mol. The van der Waals surface area contributed by atoms with Crippen molar-refractivity contribution in [2.24, 2.45) is 0 Å². The molecule has 4 N–H and O–H groups in total. The Hall–Kier alpha value is -2.83. The van der Waals surface area contributed by atoms with Gasteiger partial charge in [0.05, 0.1) is 11.9 Å². The van der Waals surface area contributed by atoms with Crippen molar-refractivity contribution in [2.75, 3.05) is 11.9 Å². The van der Waals surface area contributed by atoms with Gasteiger partial charge in [0.2, 0.25) is 0 Å². The smallest absolute Gasteiger partial charge is 0.163 e. The number of aryl methyl sites for hydroxylation is 2. The number of nitrogens with zero attached hydrogens (tertiary/aromatic N) is 3. The zero-order valence-corrected chi connectivity index (χ0v) is 17.8. The monoisotopic (exact) mass is 416 g/mol. The van der Waals surface area contributed by atoms with Crippen LogP contribution < -0.4 is 11.1 Å². The molecule has 0 bridgehead atoms. The van der Waals surface area contributed by atoms with Crippen molar-refractivity contribution in [2.45, 2.75) is 38.1 Å². The van der Waals surface area contributed by atoms with Crippen LogP contribution in [0.5, 0.6) is 0 Å². The van der Waals surface area contributed by atoms with E-state index >= 15 is 0 Å². The molecule has 152 valence electrons. The first-order valence-electron chi connectivity index (χ1n) is 10.6. The Labute approximate surface area is 180 Å². The van der Waals surface area contributed by atoms with Crippen molar-refractivity contribution in [1.29, 1.82) is 0 Å². The molecule has 0 fully saturated rings. The molecule has 5 nitrogen and oxygen atoms in total. The van der Waals surface area contributed by atoms with Crippen LogP contribution in [0.2, 0.25) is 0 Å². The number of aromatic nitrogens is 3. The molecule has 0 aliphatic heterocycles. The van der Waals surface area contributed by atoms with Gasteiger partial charge in [0, 0.05) is 29.3 Å². The summed E-state index contributed by atoms with van der Waals surface area (Å²) in [5.74, 6) is 1.71. The maximum Gasteiger partial charge on any atom is 0.163 e. The van der Waals surface area contributed by atoms with Crippen molar-refractivity contribution in [1.82, 2.24) is 15.0 Å². The highest BCUT2D eigenvalue weighted by molar-refractivity contribution is 7.19. The van der Waals surface area contributed by atoms with Gasteiger partial charge >= 0.3 is 0 Å². The van der Waals surface area contributed by atoms with Crippen LogP contribution in [0.25, 0.3) is 21.6 Å². The Morgan fingerprint density at radius 3 is 2.63 bits per heavy atom. The molecule has 0 spiro atoms. The number of rotatable bonds is 6. The Morgan fingerprint density at radius 2 is 1.80 bits per heavy atom.